The van der Waals surface area contributed by atoms with Gasteiger partial charge in [-0.15, -0.1) is 0 Å². The van der Waals surface area contributed by atoms with Crippen LogP contribution in [0.3, 0.4) is 0 Å². The summed E-state index contributed by atoms with van der Waals surface area (Å²) in [5.74, 6) is -0.445. The van der Waals surface area contributed by atoms with Crippen molar-refractivity contribution in [3.05, 3.63) is 61.4 Å². The summed E-state index contributed by atoms with van der Waals surface area (Å²) in [7, 11) is 0. The number of phenolic OH excluding ortho intramolecular Hbond substituents is 1. The molecule has 29 heavy (non-hydrogen) atoms. The highest BCUT2D eigenvalue weighted by atomic mass is 79.9. The zero-order valence-corrected chi connectivity index (χ0v) is 17.1. The minimum Gasteiger partial charge on any atom is -0.502 e. The molecule has 146 valence electrons. The van der Waals surface area contributed by atoms with Crippen LogP contribution in [0.4, 0.5) is 0 Å². The van der Waals surface area contributed by atoms with E-state index in [-0.39, 0.29) is 17.2 Å². The van der Waals surface area contributed by atoms with Gasteiger partial charge in [-0.05, 0) is 43.7 Å². The minimum absolute atomic E-state index is 0.00600. The highest BCUT2D eigenvalue weighted by Gasteiger charge is 2.23. The van der Waals surface area contributed by atoms with Crippen LogP contribution in [0.1, 0.15) is 19.9 Å². The Kier molecular flexibility index (Phi) is 3.76. The lowest BCUT2D eigenvalue weighted by Gasteiger charge is -2.10. The Morgan fingerprint density at radius 2 is 1.79 bits per heavy atom. The van der Waals surface area contributed by atoms with Crippen LogP contribution < -0.4 is 11.0 Å². The largest absolute Gasteiger partial charge is 0.502 e. The minimum atomic E-state index is -0.518. The van der Waals surface area contributed by atoms with Crippen molar-refractivity contribution in [1.82, 2.24) is 14.8 Å². The average molecular weight is 454 g/mol. The summed E-state index contributed by atoms with van der Waals surface area (Å²) in [6.07, 6.45) is 0. The van der Waals surface area contributed by atoms with E-state index in [1.54, 1.807) is 10.7 Å². The van der Waals surface area contributed by atoms with E-state index in [2.05, 4.69) is 26.0 Å². The van der Waals surface area contributed by atoms with Crippen molar-refractivity contribution in [3.8, 4) is 16.9 Å². The highest BCUT2D eigenvalue weighted by molar-refractivity contribution is 9.10. The monoisotopic (exact) mass is 453 g/mol. The predicted molar refractivity (Wildman–Crippen MR) is 116 cm³/mol. The number of furan rings is 1. The van der Waals surface area contributed by atoms with Gasteiger partial charge in [-0.3, -0.25) is 19.4 Å². The Hall–Kier alpha value is -3.26. The summed E-state index contributed by atoms with van der Waals surface area (Å²) in [5.41, 5.74) is 2.34. The zero-order valence-electron chi connectivity index (χ0n) is 15.5. The van der Waals surface area contributed by atoms with E-state index in [1.807, 2.05) is 38.1 Å². The first-order valence-corrected chi connectivity index (χ1v) is 9.86. The molecule has 3 aromatic heterocycles. The van der Waals surface area contributed by atoms with Crippen molar-refractivity contribution in [2.45, 2.75) is 19.9 Å². The van der Waals surface area contributed by atoms with E-state index >= 15 is 0 Å². The second kappa shape index (κ2) is 6.12. The van der Waals surface area contributed by atoms with Gasteiger partial charge in [-0.2, -0.15) is 0 Å². The molecule has 5 rings (SSSR count). The van der Waals surface area contributed by atoms with Crippen molar-refractivity contribution >= 4 is 49.0 Å². The van der Waals surface area contributed by atoms with Crippen LogP contribution >= 0.6 is 15.9 Å². The van der Waals surface area contributed by atoms with E-state index in [9.17, 15) is 14.7 Å². The first-order chi connectivity index (χ1) is 13.9. The van der Waals surface area contributed by atoms with Crippen LogP contribution in [0.25, 0.3) is 44.2 Å². The summed E-state index contributed by atoms with van der Waals surface area (Å²) < 4.78 is 8.63. The normalized spacial score (nSPS) is 12.0. The van der Waals surface area contributed by atoms with E-state index in [1.165, 1.54) is 6.07 Å². The van der Waals surface area contributed by atoms with Crippen molar-refractivity contribution in [3.63, 3.8) is 0 Å². The van der Waals surface area contributed by atoms with Gasteiger partial charge in [0.1, 0.15) is 5.65 Å². The maximum Gasteiger partial charge on any atom is 0.274 e. The molecule has 0 spiro atoms. The molecule has 3 heterocycles. The van der Waals surface area contributed by atoms with Crippen molar-refractivity contribution < 1.29 is 9.52 Å². The number of nitrogens with one attached hydrogen (secondary N) is 2. The van der Waals surface area contributed by atoms with Gasteiger partial charge in [0.15, 0.2) is 11.2 Å². The quantitative estimate of drug-likeness (QED) is 0.362. The van der Waals surface area contributed by atoms with Gasteiger partial charge in [0.25, 0.3) is 5.56 Å². The molecule has 0 amide bonds. The number of aromatic amines is 2. The zero-order chi connectivity index (χ0) is 20.4. The number of fused-ring (bicyclic) bond motifs is 4. The number of H-pyrrole nitrogens is 2. The lowest BCUT2D eigenvalue weighted by atomic mass is 10.0. The van der Waals surface area contributed by atoms with Crippen LogP contribution in [0, 0.1) is 0 Å². The number of aromatic nitrogens is 3. The second-order valence-corrected chi connectivity index (χ2v) is 8.15. The number of aromatic hydroxyl groups is 1. The third kappa shape index (κ3) is 2.49. The number of phenols is 1. The maximum absolute atomic E-state index is 12.9. The summed E-state index contributed by atoms with van der Waals surface area (Å²) in [6.45, 7) is 3.94. The van der Waals surface area contributed by atoms with Crippen LogP contribution in [-0.2, 0) is 0 Å². The SMILES string of the molecule is CC(C)n1[nH]c(=O)c2c(-c3ccc(Br)cc3)c3oc4c(O)c(=O)ccc4c3[nH]c21. The Bertz CT molecular complexity index is 1530. The lowest BCUT2D eigenvalue weighted by Crippen LogP contribution is -2.07. The fourth-order valence-corrected chi connectivity index (χ4v) is 4.01. The summed E-state index contributed by atoms with van der Waals surface area (Å²) in [4.78, 5) is 28.1. The van der Waals surface area contributed by atoms with Gasteiger partial charge < -0.3 is 14.5 Å². The maximum atomic E-state index is 12.9. The second-order valence-electron chi connectivity index (χ2n) is 7.23. The van der Waals surface area contributed by atoms with Gasteiger partial charge in [0, 0.05) is 21.5 Å². The number of hydrogen-bond donors (Lipinski definition) is 3. The molecular weight excluding hydrogens is 438 g/mol. The molecular formula is C21H16BrN3O4. The van der Waals surface area contributed by atoms with E-state index in [0.717, 1.165) is 10.0 Å². The Balaban J connectivity index is 2.07. The number of rotatable bonds is 2. The van der Waals surface area contributed by atoms with E-state index in [0.29, 0.717) is 33.1 Å². The molecule has 0 bridgehead atoms. The van der Waals surface area contributed by atoms with Crippen molar-refractivity contribution in [2.75, 3.05) is 0 Å². The van der Waals surface area contributed by atoms with Gasteiger partial charge in [-0.25, -0.2) is 0 Å². The topological polar surface area (TPSA) is 104 Å². The molecule has 8 heteroatoms. The molecule has 0 unspecified atom stereocenters. The van der Waals surface area contributed by atoms with Gasteiger partial charge in [-0.1, -0.05) is 28.1 Å². The molecule has 0 aliphatic heterocycles. The number of pyridine rings is 1. The highest BCUT2D eigenvalue weighted by Crippen LogP contribution is 2.40. The van der Waals surface area contributed by atoms with Gasteiger partial charge >= 0.3 is 0 Å². The molecule has 2 aromatic carbocycles. The molecule has 0 saturated carbocycles. The smallest absolute Gasteiger partial charge is 0.274 e. The Labute approximate surface area is 171 Å². The molecule has 7 nitrogen and oxygen atoms in total. The number of halogens is 1. The number of nitrogens with zero attached hydrogens (tertiary/aromatic N) is 1. The predicted octanol–water partition coefficient (Wildman–Crippen LogP) is 4.63. The summed E-state index contributed by atoms with van der Waals surface area (Å²) >= 11 is 3.43. The Morgan fingerprint density at radius 3 is 2.48 bits per heavy atom. The van der Waals surface area contributed by atoms with E-state index in [4.69, 9.17) is 4.42 Å². The van der Waals surface area contributed by atoms with Gasteiger partial charge in [0.2, 0.25) is 11.2 Å². The molecule has 0 fully saturated rings. The van der Waals surface area contributed by atoms with Crippen LogP contribution in [-0.4, -0.2) is 19.9 Å². The first-order valence-electron chi connectivity index (χ1n) is 9.07. The molecule has 0 aliphatic carbocycles. The molecule has 0 radical (unpaired) electrons. The summed E-state index contributed by atoms with van der Waals surface area (Å²) in [5, 5.41) is 14.2. The van der Waals surface area contributed by atoms with Crippen LogP contribution in [0.2, 0.25) is 0 Å². The first kappa shape index (κ1) is 17.8. The van der Waals surface area contributed by atoms with Gasteiger partial charge in [0.05, 0.1) is 10.9 Å². The lowest BCUT2D eigenvalue weighted by molar-refractivity contribution is 0.464. The van der Waals surface area contributed by atoms with Crippen LogP contribution in [0.15, 0.2) is 54.9 Å². The van der Waals surface area contributed by atoms with Crippen molar-refractivity contribution in [2.24, 2.45) is 0 Å². The third-order valence-electron chi connectivity index (χ3n) is 5.09. The molecule has 0 atom stereocenters. The van der Waals surface area contributed by atoms with Crippen LogP contribution in [0.5, 0.6) is 5.75 Å². The number of hydrogen-bond acceptors (Lipinski definition) is 4. The Morgan fingerprint density at radius 1 is 1.07 bits per heavy atom. The third-order valence-corrected chi connectivity index (χ3v) is 5.62. The molecule has 5 aromatic rings. The molecule has 3 N–H and O–H groups in total. The average Bonchev–Trinajstić information content (AvgIpc) is 3.22. The summed E-state index contributed by atoms with van der Waals surface area (Å²) in [6, 6.07) is 10.5. The fourth-order valence-electron chi connectivity index (χ4n) is 3.74. The fraction of sp³-hybridized carbons (Fsp3) is 0.143. The molecule has 0 saturated heterocycles. The van der Waals surface area contributed by atoms with E-state index < -0.39 is 11.2 Å². The molecule has 0 aliphatic rings. The number of benzene rings is 2. The standard InChI is InChI=1S/C21H16BrN3O4/c1-9(2)25-20-15(21(28)24-25)14(10-3-5-11(22)6-4-10)19-16(23-20)12-7-8-13(26)17(27)18(12)29-19/h3-9,23,27H,1-2H3,(H,24,28). The van der Waals surface area contributed by atoms with Crippen molar-refractivity contribution in [1.29, 1.82) is 0 Å².